The van der Waals surface area contributed by atoms with E-state index in [1.54, 1.807) is 11.7 Å². The Bertz CT molecular complexity index is 849. The van der Waals surface area contributed by atoms with E-state index in [4.69, 9.17) is 9.47 Å². The second kappa shape index (κ2) is 7.25. The van der Waals surface area contributed by atoms with Crippen molar-refractivity contribution >= 4 is 5.91 Å². The van der Waals surface area contributed by atoms with Crippen molar-refractivity contribution in [2.24, 2.45) is 7.05 Å². The normalized spacial score (nSPS) is 16.0. The molecule has 1 aliphatic heterocycles. The molecule has 6 nitrogen and oxygen atoms in total. The molecule has 0 bridgehead atoms. The van der Waals surface area contributed by atoms with Crippen molar-refractivity contribution in [2.45, 2.75) is 59.1 Å². The number of rotatable bonds is 5. The first kappa shape index (κ1) is 19.3. The van der Waals surface area contributed by atoms with Gasteiger partial charge in [-0.2, -0.15) is 5.10 Å². The summed E-state index contributed by atoms with van der Waals surface area (Å²) in [6.07, 6.45) is 1.05. The van der Waals surface area contributed by atoms with E-state index in [0.717, 1.165) is 34.7 Å². The Morgan fingerprint density at radius 2 is 2.11 bits per heavy atom. The maximum atomic E-state index is 12.7. The van der Waals surface area contributed by atoms with Crippen molar-refractivity contribution in [2.75, 3.05) is 6.61 Å². The summed E-state index contributed by atoms with van der Waals surface area (Å²) >= 11 is 0. The van der Waals surface area contributed by atoms with Gasteiger partial charge in [-0.05, 0) is 32.0 Å². The highest BCUT2D eigenvalue weighted by Gasteiger charge is 2.24. The van der Waals surface area contributed by atoms with E-state index in [1.807, 2.05) is 25.1 Å². The maximum absolute atomic E-state index is 12.7. The van der Waals surface area contributed by atoms with Crippen LogP contribution in [0.25, 0.3) is 0 Å². The molecule has 2 heterocycles. The van der Waals surface area contributed by atoms with E-state index in [1.165, 1.54) is 0 Å². The standard InChI is InChI=1S/C21H29N3O3/c1-7-26-17-9-14-8-13(2)27-18(14)10-15(17)12-22-20(25)16-11-19(21(3,4)5)23-24(16)6/h9-11,13H,7-8,12H2,1-6H3,(H,22,25). The first-order valence-electron chi connectivity index (χ1n) is 9.47. The molecule has 0 saturated heterocycles. The predicted molar refractivity (Wildman–Crippen MR) is 104 cm³/mol. The third kappa shape index (κ3) is 4.10. The molecular weight excluding hydrogens is 342 g/mol. The van der Waals surface area contributed by atoms with Gasteiger partial charge in [0, 0.05) is 36.6 Å². The molecule has 1 amide bonds. The van der Waals surface area contributed by atoms with Gasteiger partial charge in [0.1, 0.15) is 23.3 Å². The monoisotopic (exact) mass is 371 g/mol. The van der Waals surface area contributed by atoms with E-state index in [9.17, 15) is 4.79 Å². The number of hydrogen-bond donors (Lipinski definition) is 1. The van der Waals surface area contributed by atoms with Gasteiger partial charge < -0.3 is 14.8 Å². The maximum Gasteiger partial charge on any atom is 0.269 e. The van der Waals surface area contributed by atoms with Crippen LogP contribution in [-0.2, 0) is 25.4 Å². The van der Waals surface area contributed by atoms with Crippen LogP contribution >= 0.6 is 0 Å². The summed E-state index contributed by atoms with van der Waals surface area (Å²) in [5.74, 6) is 1.53. The summed E-state index contributed by atoms with van der Waals surface area (Å²) in [6.45, 7) is 11.2. The lowest BCUT2D eigenvalue weighted by Gasteiger charge is -2.14. The summed E-state index contributed by atoms with van der Waals surface area (Å²) in [5.41, 5.74) is 3.40. The van der Waals surface area contributed by atoms with Gasteiger partial charge in [-0.3, -0.25) is 9.48 Å². The topological polar surface area (TPSA) is 65.4 Å². The lowest BCUT2D eigenvalue weighted by Crippen LogP contribution is -2.25. The largest absolute Gasteiger partial charge is 0.494 e. The Balaban J connectivity index is 1.78. The first-order valence-corrected chi connectivity index (χ1v) is 9.47. The number of nitrogens with zero attached hydrogens (tertiary/aromatic N) is 2. The van der Waals surface area contributed by atoms with Crippen molar-refractivity contribution < 1.29 is 14.3 Å². The zero-order valence-corrected chi connectivity index (χ0v) is 17.0. The molecule has 6 heteroatoms. The molecule has 0 spiro atoms. The number of hydrogen-bond acceptors (Lipinski definition) is 4. The molecule has 1 aliphatic rings. The molecule has 0 aliphatic carbocycles. The van der Waals surface area contributed by atoms with Crippen molar-refractivity contribution in [1.82, 2.24) is 15.1 Å². The van der Waals surface area contributed by atoms with Crippen LogP contribution in [0.15, 0.2) is 18.2 Å². The summed E-state index contributed by atoms with van der Waals surface area (Å²) < 4.78 is 13.3. The molecule has 27 heavy (non-hydrogen) atoms. The molecule has 0 saturated carbocycles. The average molecular weight is 371 g/mol. The number of amides is 1. The number of carbonyl (C=O) groups excluding carboxylic acids is 1. The van der Waals surface area contributed by atoms with Crippen LogP contribution in [0.5, 0.6) is 11.5 Å². The van der Waals surface area contributed by atoms with Crippen molar-refractivity contribution in [3.63, 3.8) is 0 Å². The molecule has 1 atom stereocenters. The second-order valence-electron chi connectivity index (χ2n) is 8.10. The Labute approximate surface area is 160 Å². The molecule has 146 valence electrons. The highest BCUT2D eigenvalue weighted by atomic mass is 16.5. The molecule has 3 rings (SSSR count). The number of carbonyl (C=O) groups is 1. The number of nitrogens with one attached hydrogen (secondary N) is 1. The third-order valence-corrected chi connectivity index (χ3v) is 4.70. The van der Waals surface area contributed by atoms with Crippen LogP contribution in [0, 0.1) is 0 Å². The van der Waals surface area contributed by atoms with Crippen LogP contribution in [0.1, 0.15) is 61.9 Å². The third-order valence-electron chi connectivity index (χ3n) is 4.70. The lowest BCUT2D eigenvalue weighted by molar-refractivity contribution is 0.0941. The molecule has 0 radical (unpaired) electrons. The number of ether oxygens (including phenoxy) is 2. The molecule has 1 N–H and O–H groups in total. The molecule has 1 unspecified atom stereocenters. The molecule has 0 fully saturated rings. The summed E-state index contributed by atoms with van der Waals surface area (Å²) in [5, 5.41) is 7.46. The van der Waals surface area contributed by atoms with E-state index in [0.29, 0.717) is 18.8 Å². The number of aryl methyl sites for hydroxylation is 1. The zero-order valence-electron chi connectivity index (χ0n) is 17.0. The minimum absolute atomic E-state index is 0.105. The highest BCUT2D eigenvalue weighted by Crippen LogP contribution is 2.35. The molecular formula is C21H29N3O3. The van der Waals surface area contributed by atoms with Crippen LogP contribution in [0.4, 0.5) is 0 Å². The van der Waals surface area contributed by atoms with E-state index < -0.39 is 0 Å². The Morgan fingerprint density at radius 1 is 1.37 bits per heavy atom. The zero-order chi connectivity index (χ0) is 19.8. The smallest absolute Gasteiger partial charge is 0.269 e. The van der Waals surface area contributed by atoms with Gasteiger partial charge in [0.15, 0.2) is 0 Å². The second-order valence-corrected chi connectivity index (χ2v) is 8.10. The summed E-state index contributed by atoms with van der Waals surface area (Å²) in [6, 6.07) is 5.87. The Kier molecular flexibility index (Phi) is 5.18. The van der Waals surface area contributed by atoms with Gasteiger partial charge in [-0.25, -0.2) is 0 Å². The fourth-order valence-electron chi connectivity index (χ4n) is 3.22. The number of aromatic nitrogens is 2. The van der Waals surface area contributed by atoms with Crippen LogP contribution in [0.3, 0.4) is 0 Å². The minimum atomic E-state index is -0.155. The molecule has 2 aromatic rings. The predicted octanol–water partition coefficient (Wildman–Crippen LogP) is 3.37. The SMILES string of the molecule is CCOc1cc2c(cc1CNC(=O)c1cc(C(C)(C)C)nn1C)OC(C)C2. The van der Waals surface area contributed by atoms with Gasteiger partial charge in [-0.1, -0.05) is 20.8 Å². The number of benzene rings is 1. The van der Waals surface area contributed by atoms with Crippen LogP contribution in [-0.4, -0.2) is 28.4 Å². The fraction of sp³-hybridized carbons (Fsp3) is 0.524. The van der Waals surface area contributed by atoms with Crippen LogP contribution in [0.2, 0.25) is 0 Å². The summed E-state index contributed by atoms with van der Waals surface area (Å²) in [7, 11) is 1.79. The van der Waals surface area contributed by atoms with Gasteiger partial charge in [-0.15, -0.1) is 0 Å². The van der Waals surface area contributed by atoms with Crippen molar-refractivity contribution in [3.05, 3.63) is 40.7 Å². The van der Waals surface area contributed by atoms with Crippen molar-refractivity contribution in [1.29, 1.82) is 0 Å². The molecule has 1 aromatic heterocycles. The highest BCUT2D eigenvalue weighted by molar-refractivity contribution is 5.92. The van der Waals surface area contributed by atoms with E-state index >= 15 is 0 Å². The quantitative estimate of drug-likeness (QED) is 0.875. The minimum Gasteiger partial charge on any atom is -0.494 e. The van der Waals surface area contributed by atoms with Crippen LogP contribution < -0.4 is 14.8 Å². The Morgan fingerprint density at radius 3 is 2.74 bits per heavy atom. The lowest BCUT2D eigenvalue weighted by atomic mass is 9.92. The van der Waals surface area contributed by atoms with Crippen molar-refractivity contribution in [3.8, 4) is 11.5 Å². The Hall–Kier alpha value is -2.50. The fourth-order valence-corrected chi connectivity index (χ4v) is 3.22. The van der Waals surface area contributed by atoms with Gasteiger partial charge >= 0.3 is 0 Å². The van der Waals surface area contributed by atoms with E-state index in [-0.39, 0.29) is 17.4 Å². The van der Waals surface area contributed by atoms with Gasteiger partial charge in [0.05, 0.1) is 12.3 Å². The number of fused-ring (bicyclic) bond motifs is 1. The average Bonchev–Trinajstić information content (AvgIpc) is 3.14. The molecule has 1 aromatic carbocycles. The summed E-state index contributed by atoms with van der Waals surface area (Å²) in [4.78, 5) is 12.7. The van der Waals surface area contributed by atoms with E-state index in [2.05, 4.69) is 38.1 Å². The van der Waals surface area contributed by atoms with Gasteiger partial charge in [0.25, 0.3) is 5.91 Å². The van der Waals surface area contributed by atoms with Gasteiger partial charge in [0.2, 0.25) is 0 Å². The first-order chi connectivity index (χ1) is 12.7.